The van der Waals surface area contributed by atoms with Gasteiger partial charge in [0.05, 0.1) is 0 Å². The zero-order valence-electron chi connectivity index (χ0n) is 8.18. The fourth-order valence-electron chi connectivity index (χ4n) is 1.84. The number of rotatable bonds is 1. The number of benzene rings is 2. The first-order valence-corrected chi connectivity index (χ1v) is 4.99. The Morgan fingerprint density at radius 1 is 1.13 bits per heavy atom. The lowest BCUT2D eigenvalue weighted by Crippen LogP contribution is -1.96. The number of hydrogen-bond donors (Lipinski definition) is 0. The summed E-state index contributed by atoms with van der Waals surface area (Å²) in [6, 6.07) is 14.8. The molecule has 0 bridgehead atoms. The van der Waals surface area contributed by atoms with Gasteiger partial charge >= 0.3 is 0 Å². The molecule has 2 aromatic carbocycles. The lowest BCUT2D eigenvalue weighted by molar-refractivity contribution is 0.330. The average molecular weight is 196 g/mol. The van der Waals surface area contributed by atoms with Gasteiger partial charge in [0.1, 0.15) is 12.6 Å². The molecule has 1 radical (unpaired) electrons. The predicted octanol–water partition coefficient (Wildman–Crippen LogP) is 2.82. The van der Waals surface area contributed by atoms with Crippen molar-refractivity contribution in [2.24, 2.45) is 4.99 Å². The van der Waals surface area contributed by atoms with Crippen molar-refractivity contribution in [2.75, 3.05) is 6.61 Å². The van der Waals surface area contributed by atoms with Crippen molar-refractivity contribution in [3.05, 3.63) is 48.0 Å². The van der Waals surface area contributed by atoms with E-state index in [-0.39, 0.29) is 6.04 Å². The molecule has 3 rings (SSSR count). The standard InChI is InChI=1S/C13H10NO/c1-2-4-11-7-12(6-5-10(11)3-1)13-8-15-9-14-13/h1-7,13H,8H2. The second kappa shape index (κ2) is 3.39. The molecule has 1 unspecified atom stereocenters. The van der Waals surface area contributed by atoms with E-state index in [2.05, 4.69) is 41.7 Å². The van der Waals surface area contributed by atoms with Gasteiger partial charge in [-0.1, -0.05) is 36.4 Å². The Kier molecular flexibility index (Phi) is 1.91. The molecule has 0 aromatic heterocycles. The summed E-state index contributed by atoms with van der Waals surface area (Å²) >= 11 is 0. The molecule has 0 N–H and O–H groups in total. The molecule has 0 aliphatic carbocycles. The Morgan fingerprint density at radius 3 is 2.80 bits per heavy atom. The summed E-state index contributed by atoms with van der Waals surface area (Å²) in [5.41, 5.74) is 1.19. The minimum absolute atomic E-state index is 0.120. The molecule has 2 heteroatoms. The van der Waals surface area contributed by atoms with Gasteiger partial charge in [-0.05, 0) is 22.4 Å². The molecular formula is C13H10NO. The topological polar surface area (TPSA) is 21.6 Å². The van der Waals surface area contributed by atoms with Gasteiger partial charge < -0.3 is 4.74 Å². The summed E-state index contributed by atoms with van der Waals surface area (Å²) in [6.07, 6.45) is 2.54. The third-order valence-electron chi connectivity index (χ3n) is 2.67. The van der Waals surface area contributed by atoms with Crippen molar-refractivity contribution in [1.82, 2.24) is 0 Å². The van der Waals surface area contributed by atoms with Crippen LogP contribution in [0, 0.1) is 0 Å². The molecule has 0 fully saturated rings. The van der Waals surface area contributed by atoms with Gasteiger partial charge in [0.2, 0.25) is 0 Å². The van der Waals surface area contributed by atoms with Crippen LogP contribution < -0.4 is 0 Å². The van der Waals surface area contributed by atoms with Crippen LogP contribution in [-0.4, -0.2) is 13.0 Å². The Balaban J connectivity index is 2.09. The largest absolute Gasteiger partial charge is 0.471 e. The number of ether oxygens (including phenoxy) is 1. The van der Waals surface area contributed by atoms with E-state index in [4.69, 9.17) is 4.74 Å². The summed E-state index contributed by atoms with van der Waals surface area (Å²) in [6.45, 7) is 0.609. The maximum absolute atomic E-state index is 5.01. The van der Waals surface area contributed by atoms with Crippen LogP contribution in [0.5, 0.6) is 0 Å². The quantitative estimate of drug-likeness (QED) is 0.687. The van der Waals surface area contributed by atoms with E-state index in [0.29, 0.717) is 6.61 Å². The highest BCUT2D eigenvalue weighted by Gasteiger charge is 2.14. The molecule has 15 heavy (non-hydrogen) atoms. The summed E-state index contributed by atoms with van der Waals surface area (Å²) in [5, 5.41) is 2.50. The van der Waals surface area contributed by atoms with E-state index in [1.165, 1.54) is 16.3 Å². The second-order valence-electron chi connectivity index (χ2n) is 3.65. The molecule has 0 amide bonds. The zero-order chi connectivity index (χ0) is 10.1. The van der Waals surface area contributed by atoms with Crippen LogP contribution in [0.4, 0.5) is 0 Å². The monoisotopic (exact) mass is 196 g/mol. The highest BCUT2D eigenvalue weighted by atomic mass is 16.5. The summed E-state index contributed by atoms with van der Waals surface area (Å²) in [5.74, 6) is 0. The normalized spacial score (nSPS) is 19.3. The van der Waals surface area contributed by atoms with Crippen molar-refractivity contribution >= 4 is 17.2 Å². The third kappa shape index (κ3) is 1.48. The lowest BCUT2D eigenvalue weighted by Gasteiger charge is -2.06. The lowest BCUT2D eigenvalue weighted by atomic mass is 10.0. The van der Waals surface area contributed by atoms with Crippen molar-refractivity contribution in [3.8, 4) is 0 Å². The molecule has 0 saturated heterocycles. The smallest absolute Gasteiger partial charge is 0.273 e. The summed E-state index contributed by atoms with van der Waals surface area (Å²) < 4.78 is 5.01. The zero-order valence-corrected chi connectivity index (χ0v) is 8.18. The highest BCUT2D eigenvalue weighted by molar-refractivity contribution is 5.83. The Bertz CT molecular complexity index is 519. The van der Waals surface area contributed by atoms with Gasteiger partial charge in [-0.3, -0.25) is 0 Å². The number of fused-ring (bicyclic) bond motifs is 1. The van der Waals surface area contributed by atoms with Gasteiger partial charge in [0.25, 0.3) is 6.40 Å². The van der Waals surface area contributed by atoms with Crippen LogP contribution in [-0.2, 0) is 4.74 Å². The van der Waals surface area contributed by atoms with Crippen LogP contribution in [0.1, 0.15) is 11.6 Å². The highest BCUT2D eigenvalue weighted by Crippen LogP contribution is 2.24. The number of aliphatic imine (C=N–C) groups is 1. The van der Waals surface area contributed by atoms with Gasteiger partial charge in [-0.15, -0.1) is 0 Å². The van der Waals surface area contributed by atoms with E-state index < -0.39 is 0 Å². The predicted molar refractivity (Wildman–Crippen MR) is 60.1 cm³/mol. The van der Waals surface area contributed by atoms with Crippen molar-refractivity contribution in [2.45, 2.75) is 6.04 Å². The minimum atomic E-state index is 0.120. The van der Waals surface area contributed by atoms with Gasteiger partial charge in [0.15, 0.2) is 0 Å². The summed E-state index contributed by atoms with van der Waals surface area (Å²) in [4.78, 5) is 4.14. The van der Waals surface area contributed by atoms with E-state index >= 15 is 0 Å². The van der Waals surface area contributed by atoms with Crippen molar-refractivity contribution in [1.29, 1.82) is 0 Å². The Morgan fingerprint density at radius 2 is 2.00 bits per heavy atom. The van der Waals surface area contributed by atoms with Crippen molar-refractivity contribution in [3.63, 3.8) is 0 Å². The number of hydrogen-bond acceptors (Lipinski definition) is 2. The third-order valence-corrected chi connectivity index (χ3v) is 2.67. The van der Waals surface area contributed by atoms with Gasteiger partial charge in [-0.25, -0.2) is 4.99 Å². The van der Waals surface area contributed by atoms with E-state index in [1.807, 2.05) is 12.1 Å². The SMILES string of the molecule is [C]1=NC(c2ccc3ccccc3c2)CO1. The molecule has 1 aliphatic rings. The summed E-state index contributed by atoms with van der Waals surface area (Å²) in [7, 11) is 0. The molecule has 1 atom stereocenters. The van der Waals surface area contributed by atoms with E-state index in [1.54, 1.807) is 0 Å². The van der Waals surface area contributed by atoms with Crippen LogP contribution in [0.25, 0.3) is 10.8 Å². The first kappa shape index (κ1) is 8.48. The Labute approximate surface area is 88.2 Å². The first-order valence-electron chi connectivity index (χ1n) is 4.99. The molecule has 2 aromatic rings. The van der Waals surface area contributed by atoms with Gasteiger partial charge in [0, 0.05) is 0 Å². The van der Waals surface area contributed by atoms with Gasteiger partial charge in [-0.2, -0.15) is 0 Å². The molecule has 73 valence electrons. The molecule has 0 saturated carbocycles. The first-order chi connectivity index (χ1) is 7.43. The molecule has 1 heterocycles. The fourth-order valence-corrected chi connectivity index (χ4v) is 1.84. The van der Waals surface area contributed by atoms with Crippen LogP contribution in [0.3, 0.4) is 0 Å². The molecule has 1 aliphatic heterocycles. The molecular weight excluding hydrogens is 186 g/mol. The number of nitrogens with zero attached hydrogens (tertiary/aromatic N) is 1. The Hall–Kier alpha value is -1.83. The van der Waals surface area contributed by atoms with Crippen LogP contribution in [0.15, 0.2) is 47.5 Å². The fraction of sp³-hybridized carbons (Fsp3) is 0.154. The van der Waals surface area contributed by atoms with Crippen LogP contribution >= 0.6 is 0 Å². The van der Waals surface area contributed by atoms with E-state index in [9.17, 15) is 0 Å². The second-order valence-corrected chi connectivity index (χ2v) is 3.65. The molecule has 0 spiro atoms. The maximum Gasteiger partial charge on any atom is 0.273 e. The maximum atomic E-state index is 5.01. The van der Waals surface area contributed by atoms with E-state index in [0.717, 1.165) is 0 Å². The average Bonchev–Trinajstić information content (AvgIpc) is 2.82. The minimum Gasteiger partial charge on any atom is -0.471 e. The van der Waals surface area contributed by atoms with Crippen LogP contribution in [0.2, 0.25) is 0 Å². The van der Waals surface area contributed by atoms with Crippen molar-refractivity contribution < 1.29 is 4.74 Å². The molecule has 2 nitrogen and oxygen atoms in total.